The van der Waals surface area contributed by atoms with Crippen molar-refractivity contribution in [3.63, 3.8) is 0 Å². The summed E-state index contributed by atoms with van der Waals surface area (Å²) in [6.07, 6.45) is 1.29. The third-order valence-electron chi connectivity index (χ3n) is 3.10. The minimum Gasteiger partial charge on any atom is -0.488 e. The van der Waals surface area contributed by atoms with Crippen LogP contribution in [0.25, 0.3) is 0 Å². The van der Waals surface area contributed by atoms with Gasteiger partial charge in [-0.25, -0.2) is 15.3 Å². The van der Waals surface area contributed by atoms with Gasteiger partial charge in [0, 0.05) is 0 Å². The molecule has 9 nitrogen and oxygen atoms in total. The summed E-state index contributed by atoms with van der Waals surface area (Å²) in [4.78, 5) is 36.7. The predicted molar refractivity (Wildman–Crippen MR) is 109 cm³/mol. The fourth-order valence-electron chi connectivity index (χ4n) is 1.90. The number of ether oxygens (including phenoxy) is 1. The Labute approximate surface area is 173 Å². The Morgan fingerprint density at radius 2 is 1.93 bits per heavy atom. The number of carbonyl (C=O) groups is 1. The molecule has 0 saturated carbocycles. The predicted octanol–water partition coefficient (Wildman–Crippen LogP) is 2.18. The van der Waals surface area contributed by atoms with Gasteiger partial charge in [0.25, 0.3) is 11.5 Å². The lowest BCUT2D eigenvalue weighted by Gasteiger charge is -2.13. The van der Waals surface area contributed by atoms with Gasteiger partial charge in [0.1, 0.15) is 0 Å². The fraction of sp³-hybridized carbons (Fsp3) is 0.312. The first-order valence-corrected chi connectivity index (χ1v) is 9.65. The first-order chi connectivity index (χ1) is 13.2. The molecular formula is C16H17Cl2N5O4S. The van der Waals surface area contributed by atoms with Crippen molar-refractivity contribution in [2.45, 2.75) is 37.2 Å². The summed E-state index contributed by atoms with van der Waals surface area (Å²) in [6.45, 7) is 5.27. The molecule has 1 unspecified atom stereocenters. The van der Waals surface area contributed by atoms with Crippen LogP contribution >= 0.6 is 35.0 Å². The smallest absolute Gasteiger partial charge is 0.342 e. The number of amides is 1. The zero-order valence-electron chi connectivity index (χ0n) is 15.1. The number of aromatic nitrogens is 3. The molecule has 12 heteroatoms. The third kappa shape index (κ3) is 6.11. The molecule has 1 heterocycles. The SMILES string of the molecule is CC(C)Oc1c(Cl)cc(/C=N/NC(=O)C(C)Sc2n[nH]c(=O)[nH]c2=O)cc1Cl. The highest BCUT2D eigenvalue weighted by Crippen LogP contribution is 2.34. The second kappa shape index (κ2) is 9.76. The monoisotopic (exact) mass is 445 g/mol. The summed E-state index contributed by atoms with van der Waals surface area (Å²) in [5, 5.41) is 9.47. The van der Waals surface area contributed by atoms with Crippen molar-refractivity contribution in [3.8, 4) is 5.75 Å². The van der Waals surface area contributed by atoms with Crippen molar-refractivity contribution in [1.82, 2.24) is 20.6 Å². The second-order valence-electron chi connectivity index (χ2n) is 5.79. The highest BCUT2D eigenvalue weighted by Gasteiger charge is 2.17. The molecule has 2 rings (SSSR count). The molecule has 0 spiro atoms. The Morgan fingerprint density at radius 3 is 2.50 bits per heavy atom. The van der Waals surface area contributed by atoms with Gasteiger partial charge in [0.05, 0.1) is 27.6 Å². The molecule has 0 saturated heterocycles. The molecule has 0 aliphatic rings. The number of benzene rings is 1. The van der Waals surface area contributed by atoms with E-state index >= 15 is 0 Å². The average molecular weight is 446 g/mol. The van der Waals surface area contributed by atoms with E-state index in [1.807, 2.05) is 18.8 Å². The largest absolute Gasteiger partial charge is 0.488 e. The summed E-state index contributed by atoms with van der Waals surface area (Å²) >= 11 is 13.2. The van der Waals surface area contributed by atoms with Gasteiger partial charge in [-0.3, -0.25) is 14.6 Å². The Bertz CT molecular complexity index is 982. The molecule has 1 aromatic carbocycles. The van der Waals surface area contributed by atoms with Crippen LogP contribution < -0.4 is 21.4 Å². The Balaban J connectivity index is 2.00. The van der Waals surface area contributed by atoms with Crippen molar-refractivity contribution in [2.24, 2.45) is 5.10 Å². The minimum absolute atomic E-state index is 0.0365. The lowest BCUT2D eigenvalue weighted by molar-refractivity contribution is -0.120. The van der Waals surface area contributed by atoms with Crippen LogP contribution in [0.4, 0.5) is 0 Å². The van der Waals surface area contributed by atoms with E-state index in [0.717, 1.165) is 11.8 Å². The molecule has 0 bridgehead atoms. The van der Waals surface area contributed by atoms with Gasteiger partial charge in [-0.15, -0.1) is 0 Å². The number of H-pyrrole nitrogens is 2. The van der Waals surface area contributed by atoms with Crippen LogP contribution in [0, 0.1) is 0 Å². The molecule has 150 valence electrons. The first kappa shape index (κ1) is 22.0. The number of thioether (sulfide) groups is 1. The van der Waals surface area contributed by atoms with Crippen LogP contribution in [0.1, 0.15) is 26.3 Å². The van der Waals surface area contributed by atoms with Crippen LogP contribution in [0.2, 0.25) is 10.0 Å². The lowest BCUT2D eigenvalue weighted by Crippen LogP contribution is -2.30. The van der Waals surface area contributed by atoms with Crippen molar-refractivity contribution >= 4 is 47.1 Å². The summed E-state index contributed by atoms with van der Waals surface area (Å²) in [6, 6.07) is 3.20. The molecule has 0 aliphatic heterocycles. The van der Waals surface area contributed by atoms with Crippen LogP contribution in [-0.2, 0) is 4.79 Å². The molecule has 1 aromatic heterocycles. The number of hydrogen-bond acceptors (Lipinski definition) is 7. The van der Waals surface area contributed by atoms with Crippen molar-refractivity contribution in [3.05, 3.63) is 48.6 Å². The number of rotatable bonds is 7. The molecular weight excluding hydrogens is 429 g/mol. The van der Waals surface area contributed by atoms with Crippen molar-refractivity contribution < 1.29 is 9.53 Å². The summed E-state index contributed by atoms with van der Waals surface area (Å²) < 4.78 is 5.54. The summed E-state index contributed by atoms with van der Waals surface area (Å²) in [5.41, 5.74) is 1.51. The molecule has 0 fully saturated rings. The van der Waals surface area contributed by atoms with Crippen molar-refractivity contribution in [2.75, 3.05) is 0 Å². The normalized spacial score (nSPS) is 12.4. The van der Waals surface area contributed by atoms with Gasteiger partial charge < -0.3 is 4.74 Å². The van der Waals surface area contributed by atoms with E-state index < -0.39 is 22.4 Å². The number of hydrazone groups is 1. The maximum Gasteiger partial charge on any atom is 0.342 e. The van der Waals surface area contributed by atoms with Gasteiger partial charge in [-0.05, 0) is 38.5 Å². The van der Waals surface area contributed by atoms with E-state index in [1.165, 1.54) is 6.21 Å². The van der Waals surface area contributed by atoms with Crippen LogP contribution in [0.3, 0.4) is 0 Å². The average Bonchev–Trinajstić information content (AvgIpc) is 2.60. The standard InChI is InChI=1S/C16H17Cl2N5O4S/c1-7(2)27-12-10(17)4-9(5-11(12)18)6-19-21-13(24)8(3)28-15-14(25)20-16(26)23-22-15/h4-8H,1-3H3,(H,21,24)(H2,20,23,25,26)/b19-6+. The Morgan fingerprint density at radius 1 is 1.29 bits per heavy atom. The van der Waals surface area contributed by atoms with E-state index in [2.05, 4.69) is 20.7 Å². The quantitative estimate of drug-likeness (QED) is 0.340. The molecule has 1 atom stereocenters. The lowest BCUT2D eigenvalue weighted by atomic mass is 10.2. The van der Waals surface area contributed by atoms with Gasteiger partial charge >= 0.3 is 5.69 Å². The number of aromatic amines is 2. The third-order valence-corrected chi connectivity index (χ3v) is 4.73. The minimum atomic E-state index is -0.724. The van der Waals surface area contributed by atoms with Gasteiger partial charge in [0.2, 0.25) is 0 Å². The topological polar surface area (TPSA) is 129 Å². The summed E-state index contributed by atoms with van der Waals surface area (Å²) in [5.74, 6) is -0.0891. The zero-order valence-corrected chi connectivity index (χ0v) is 17.4. The molecule has 0 aliphatic carbocycles. The van der Waals surface area contributed by atoms with Gasteiger partial charge in [-0.2, -0.15) is 10.2 Å². The first-order valence-electron chi connectivity index (χ1n) is 8.01. The van der Waals surface area contributed by atoms with E-state index in [1.54, 1.807) is 19.1 Å². The number of halogens is 2. The number of carbonyl (C=O) groups excluding carboxylic acids is 1. The second-order valence-corrected chi connectivity index (χ2v) is 7.93. The van der Waals surface area contributed by atoms with Crippen LogP contribution in [0.15, 0.2) is 31.8 Å². The van der Waals surface area contributed by atoms with E-state index in [9.17, 15) is 14.4 Å². The zero-order chi connectivity index (χ0) is 20.8. The molecule has 1 amide bonds. The summed E-state index contributed by atoms with van der Waals surface area (Å²) in [7, 11) is 0. The number of nitrogens with zero attached hydrogens (tertiary/aromatic N) is 2. The van der Waals surface area contributed by atoms with E-state index in [0.29, 0.717) is 21.4 Å². The van der Waals surface area contributed by atoms with E-state index in [4.69, 9.17) is 27.9 Å². The molecule has 0 radical (unpaired) electrons. The number of nitrogens with one attached hydrogen (secondary N) is 3. The Kier molecular flexibility index (Phi) is 7.67. The Hall–Kier alpha value is -2.30. The fourth-order valence-corrected chi connectivity index (χ4v) is 3.25. The van der Waals surface area contributed by atoms with Crippen LogP contribution in [-0.4, -0.2) is 38.7 Å². The highest BCUT2D eigenvalue weighted by atomic mass is 35.5. The van der Waals surface area contributed by atoms with Gasteiger partial charge in [0.15, 0.2) is 10.8 Å². The number of hydrogen-bond donors (Lipinski definition) is 3. The molecule has 2 aromatic rings. The maximum atomic E-state index is 12.1. The highest BCUT2D eigenvalue weighted by molar-refractivity contribution is 8.00. The van der Waals surface area contributed by atoms with Crippen LogP contribution in [0.5, 0.6) is 5.75 Å². The van der Waals surface area contributed by atoms with Crippen molar-refractivity contribution in [1.29, 1.82) is 0 Å². The molecule has 28 heavy (non-hydrogen) atoms. The van der Waals surface area contributed by atoms with Gasteiger partial charge in [-0.1, -0.05) is 35.0 Å². The maximum absolute atomic E-state index is 12.1. The molecule has 3 N–H and O–H groups in total. The van der Waals surface area contributed by atoms with E-state index in [-0.39, 0.29) is 11.1 Å².